The minimum absolute atomic E-state index is 0. The summed E-state index contributed by atoms with van der Waals surface area (Å²) in [6.07, 6.45) is 9.00. The van der Waals surface area contributed by atoms with E-state index in [9.17, 15) is 0 Å². The fourth-order valence-electron chi connectivity index (χ4n) is 5.52. The Morgan fingerprint density at radius 3 is 1.35 bits per heavy atom. The summed E-state index contributed by atoms with van der Waals surface area (Å²) in [6.45, 7) is 22.6. The molecule has 0 fully saturated rings. The number of allylic oxidation sites excluding steroid dienone is 4. The number of hydrogen-bond donors (Lipinski definition) is 0. The van der Waals surface area contributed by atoms with E-state index in [-0.39, 0.29) is 35.6 Å². The Balaban J connectivity index is 0.000000260. The van der Waals surface area contributed by atoms with E-state index >= 15 is 0 Å². The summed E-state index contributed by atoms with van der Waals surface area (Å²) in [7, 11) is 0. The second-order valence-electron chi connectivity index (χ2n) is 15.6. The summed E-state index contributed by atoms with van der Waals surface area (Å²) in [4.78, 5) is 0. The second kappa shape index (κ2) is 17.5. The maximum atomic E-state index is 3.35. The van der Waals surface area contributed by atoms with E-state index in [1.807, 2.05) is 0 Å². The Labute approximate surface area is 318 Å². The Morgan fingerprint density at radius 1 is 0.625 bits per heavy atom. The average molecular weight is 755 g/mol. The quantitative estimate of drug-likeness (QED) is 0.185. The van der Waals surface area contributed by atoms with Gasteiger partial charge in [-0.2, -0.15) is 11.6 Å². The first-order chi connectivity index (χ1) is 21.6. The molecule has 5 aromatic rings. The van der Waals surface area contributed by atoms with Gasteiger partial charge in [-0.15, -0.1) is 39.7 Å². The number of halogens is 2. The van der Waals surface area contributed by atoms with Crippen molar-refractivity contribution in [3.63, 3.8) is 0 Å². The summed E-state index contributed by atoms with van der Waals surface area (Å²) in [5, 5.41) is 5.49. The molecule has 1 unspecified atom stereocenters. The molecule has 1 atom stereocenters. The molecule has 0 aromatic heterocycles. The molecular weight excluding hydrogens is 703 g/mol. The summed E-state index contributed by atoms with van der Waals surface area (Å²) >= 11 is 1.46. The standard InChI is InChI=1S/C21H25.C13H10.C11H17.2ClH.Zr/c1-20(2,3)16-9-7-14-11-15-8-10-17(21(4,5)6)13-19(15)18(14)12-16;1-3-7-12(8-4-1)11-13-9-5-2-6-10-13;1-5-9-6-7-10(8-9)11(2,3)4;;;/h7-13H,1-6H3;1-10H;7-9H,5H2,1-4H3;2*1H;/q-1;;-1;;;+2/p-2. The van der Waals surface area contributed by atoms with Crippen LogP contribution in [0.15, 0.2) is 121 Å². The zero-order valence-corrected chi connectivity index (χ0v) is 34.5. The summed E-state index contributed by atoms with van der Waals surface area (Å²) in [6, 6.07) is 37.3. The molecule has 0 radical (unpaired) electrons. The van der Waals surface area contributed by atoms with Gasteiger partial charge in [0.2, 0.25) is 0 Å². The molecule has 48 heavy (non-hydrogen) atoms. The van der Waals surface area contributed by atoms with Crippen molar-refractivity contribution in [2.24, 2.45) is 11.3 Å². The number of benzene rings is 4. The summed E-state index contributed by atoms with van der Waals surface area (Å²) < 4.78 is 1.42. The molecule has 0 saturated heterocycles. The number of rotatable bonds is 3. The topological polar surface area (TPSA) is 0 Å². The van der Waals surface area contributed by atoms with Crippen molar-refractivity contribution in [3.8, 4) is 0 Å². The zero-order valence-electron chi connectivity index (χ0n) is 30.5. The first-order valence-corrected chi connectivity index (χ1v) is 18.0. The molecule has 0 spiro atoms. The predicted molar refractivity (Wildman–Crippen MR) is 200 cm³/mol. The van der Waals surface area contributed by atoms with Crippen LogP contribution < -0.4 is 24.8 Å². The van der Waals surface area contributed by atoms with Crippen molar-refractivity contribution in [1.29, 1.82) is 0 Å². The van der Waals surface area contributed by atoms with Crippen LogP contribution >= 0.6 is 0 Å². The van der Waals surface area contributed by atoms with Crippen LogP contribution in [0.4, 0.5) is 0 Å². The minimum atomic E-state index is 0. The fourth-order valence-corrected chi connectivity index (χ4v) is 6.34. The first kappa shape index (κ1) is 41.7. The summed E-state index contributed by atoms with van der Waals surface area (Å²) in [5.41, 5.74) is 7.60. The normalized spacial score (nSPS) is 14.2. The molecule has 0 heterocycles. The number of fused-ring (bicyclic) bond motifs is 3. The van der Waals surface area contributed by atoms with Crippen molar-refractivity contribution in [1.82, 2.24) is 0 Å². The van der Waals surface area contributed by atoms with Crippen LogP contribution in [0, 0.1) is 17.4 Å². The van der Waals surface area contributed by atoms with Crippen molar-refractivity contribution in [3.05, 3.63) is 149 Å². The van der Waals surface area contributed by atoms with Gasteiger partial charge in [-0.05, 0) is 10.8 Å². The third kappa shape index (κ3) is 11.0. The van der Waals surface area contributed by atoms with E-state index in [0.29, 0.717) is 11.3 Å². The van der Waals surface area contributed by atoms with Crippen LogP contribution in [0.1, 0.15) is 97.9 Å². The van der Waals surface area contributed by atoms with Crippen LogP contribution in [0.5, 0.6) is 0 Å². The van der Waals surface area contributed by atoms with Crippen LogP contribution in [0.3, 0.4) is 0 Å². The molecule has 0 N–H and O–H groups in total. The van der Waals surface area contributed by atoms with E-state index in [4.69, 9.17) is 0 Å². The van der Waals surface area contributed by atoms with Crippen molar-refractivity contribution < 1.29 is 49.0 Å². The van der Waals surface area contributed by atoms with Crippen LogP contribution in [-0.4, -0.2) is 3.21 Å². The van der Waals surface area contributed by atoms with E-state index in [1.165, 1.54) is 83.2 Å². The molecule has 0 bridgehead atoms. The molecule has 252 valence electrons. The first-order valence-electron chi connectivity index (χ1n) is 16.7. The van der Waals surface area contributed by atoms with Gasteiger partial charge >= 0.3 is 99.2 Å². The van der Waals surface area contributed by atoms with Gasteiger partial charge in [0.05, 0.1) is 0 Å². The third-order valence-corrected chi connectivity index (χ3v) is 10.1. The molecule has 0 amide bonds. The molecular formula is C45H52Cl2Zr-2. The molecule has 1 aliphatic rings. The van der Waals surface area contributed by atoms with E-state index < -0.39 is 0 Å². The zero-order chi connectivity index (χ0) is 33.7. The molecule has 5 aromatic carbocycles. The van der Waals surface area contributed by atoms with Crippen molar-refractivity contribution >= 4 is 24.8 Å². The monoisotopic (exact) mass is 752 g/mol. The molecule has 0 saturated carbocycles. The molecule has 0 aliphatic heterocycles. The Morgan fingerprint density at radius 2 is 1.04 bits per heavy atom. The van der Waals surface area contributed by atoms with Gasteiger partial charge in [0, 0.05) is 0 Å². The van der Waals surface area contributed by atoms with Gasteiger partial charge in [0.15, 0.2) is 0 Å². The van der Waals surface area contributed by atoms with Gasteiger partial charge < -0.3 is 24.8 Å². The SMILES string of the molecule is CC(C)(C)c1ccc2[cH-]c3ccc(C(C)(C)C)cc3c2c1.CCC1[C-]=CC(C(C)(C)C)=C1.[Cl-].[Cl-].[Zr+2]=[C](c1ccccc1)c1ccccc1. The van der Waals surface area contributed by atoms with Crippen LogP contribution in [-0.2, 0) is 35.1 Å². The van der Waals surface area contributed by atoms with Crippen molar-refractivity contribution in [2.45, 2.75) is 86.5 Å². The van der Waals surface area contributed by atoms with Gasteiger partial charge in [0.25, 0.3) is 0 Å². The van der Waals surface area contributed by atoms with Gasteiger partial charge in [-0.25, -0.2) is 6.08 Å². The van der Waals surface area contributed by atoms with Gasteiger partial charge in [0.1, 0.15) is 0 Å². The number of hydrogen-bond acceptors (Lipinski definition) is 0. The molecule has 0 nitrogen and oxygen atoms in total. The van der Waals surface area contributed by atoms with Gasteiger partial charge in [-0.1, -0.05) is 122 Å². The fraction of sp³-hybridized carbons (Fsp3) is 0.333. The van der Waals surface area contributed by atoms with E-state index in [2.05, 4.69) is 191 Å². The molecule has 6 rings (SSSR count). The Bertz CT molecular complexity index is 1710. The van der Waals surface area contributed by atoms with E-state index in [0.717, 1.165) is 0 Å². The molecule has 1 aliphatic carbocycles. The van der Waals surface area contributed by atoms with Crippen molar-refractivity contribution in [2.75, 3.05) is 0 Å². The summed E-state index contributed by atoms with van der Waals surface area (Å²) in [5.74, 6) is 0.573. The van der Waals surface area contributed by atoms with Crippen LogP contribution in [0.2, 0.25) is 0 Å². The Kier molecular flexibility index (Phi) is 15.2. The van der Waals surface area contributed by atoms with Crippen LogP contribution in [0.25, 0.3) is 21.5 Å². The Hall–Kier alpha value is -2.44. The predicted octanol–water partition coefficient (Wildman–Crippen LogP) is 6.48. The average Bonchev–Trinajstić information content (AvgIpc) is 3.66. The van der Waals surface area contributed by atoms with Gasteiger partial charge in [-0.3, -0.25) is 6.08 Å². The maximum absolute atomic E-state index is 3.35. The van der Waals surface area contributed by atoms with E-state index in [1.54, 1.807) is 0 Å². The second-order valence-corrected chi connectivity index (χ2v) is 16.8. The third-order valence-electron chi connectivity index (χ3n) is 8.70. The molecule has 3 heteroatoms.